The fraction of sp³-hybridized carbons (Fsp3) is 0.231. The SMILES string of the molecule is Cc1ccc(C)c(Nc2cc(Cl)nc(C(F)(F)F)n2)c1. The number of nitrogens with one attached hydrogen (secondary N) is 1. The number of rotatable bonds is 2. The molecule has 0 saturated carbocycles. The molecule has 0 aliphatic carbocycles. The number of aryl methyl sites for hydroxylation is 2. The minimum Gasteiger partial charge on any atom is -0.340 e. The van der Waals surface area contributed by atoms with Crippen LogP contribution in [0.25, 0.3) is 0 Å². The Kier molecular flexibility index (Phi) is 3.85. The van der Waals surface area contributed by atoms with Gasteiger partial charge in [0.2, 0.25) is 5.82 Å². The predicted octanol–water partition coefficient (Wildman–Crippen LogP) is 4.51. The van der Waals surface area contributed by atoms with Gasteiger partial charge in [0.15, 0.2) is 0 Å². The first-order valence-electron chi connectivity index (χ1n) is 5.72. The minimum atomic E-state index is -4.64. The van der Waals surface area contributed by atoms with Gasteiger partial charge in [0.05, 0.1) is 0 Å². The van der Waals surface area contributed by atoms with Crippen molar-refractivity contribution in [3.8, 4) is 0 Å². The zero-order chi connectivity index (χ0) is 14.9. The number of anilines is 2. The number of benzene rings is 1. The molecule has 1 N–H and O–H groups in total. The Morgan fingerprint density at radius 1 is 1.10 bits per heavy atom. The Morgan fingerprint density at radius 2 is 1.80 bits per heavy atom. The van der Waals surface area contributed by atoms with Crippen LogP contribution in [0.1, 0.15) is 17.0 Å². The summed E-state index contributed by atoms with van der Waals surface area (Å²) in [6, 6.07) is 6.84. The first kappa shape index (κ1) is 14.6. The average molecular weight is 302 g/mol. The number of halogens is 4. The normalized spacial score (nSPS) is 11.5. The van der Waals surface area contributed by atoms with Crippen LogP contribution < -0.4 is 5.32 Å². The van der Waals surface area contributed by atoms with E-state index in [0.717, 1.165) is 11.1 Å². The molecule has 0 atom stereocenters. The molecular formula is C13H11ClF3N3. The van der Waals surface area contributed by atoms with Gasteiger partial charge in [-0.3, -0.25) is 0 Å². The highest BCUT2D eigenvalue weighted by Crippen LogP contribution is 2.29. The highest BCUT2D eigenvalue weighted by Gasteiger charge is 2.35. The van der Waals surface area contributed by atoms with Crippen molar-refractivity contribution in [3.63, 3.8) is 0 Å². The Hall–Kier alpha value is -1.82. The molecule has 1 aromatic carbocycles. The van der Waals surface area contributed by atoms with Crippen LogP contribution in [0.5, 0.6) is 0 Å². The van der Waals surface area contributed by atoms with E-state index in [4.69, 9.17) is 11.6 Å². The summed E-state index contributed by atoms with van der Waals surface area (Å²) in [7, 11) is 0. The second-order valence-electron chi connectivity index (χ2n) is 4.34. The smallest absolute Gasteiger partial charge is 0.340 e. The van der Waals surface area contributed by atoms with Gasteiger partial charge in [0.25, 0.3) is 0 Å². The van der Waals surface area contributed by atoms with E-state index < -0.39 is 12.0 Å². The van der Waals surface area contributed by atoms with Gasteiger partial charge in [-0.2, -0.15) is 13.2 Å². The largest absolute Gasteiger partial charge is 0.451 e. The number of hydrogen-bond donors (Lipinski definition) is 1. The van der Waals surface area contributed by atoms with Crippen molar-refractivity contribution in [2.75, 3.05) is 5.32 Å². The second-order valence-corrected chi connectivity index (χ2v) is 4.73. The van der Waals surface area contributed by atoms with E-state index in [9.17, 15) is 13.2 Å². The highest BCUT2D eigenvalue weighted by molar-refractivity contribution is 6.29. The number of hydrogen-bond acceptors (Lipinski definition) is 3. The van der Waals surface area contributed by atoms with Crippen LogP contribution in [-0.2, 0) is 6.18 Å². The molecule has 0 unspecified atom stereocenters. The third-order valence-electron chi connectivity index (χ3n) is 2.60. The van der Waals surface area contributed by atoms with E-state index in [-0.39, 0.29) is 11.0 Å². The lowest BCUT2D eigenvalue weighted by Gasteiger charge is -2.12. The lowest BCUT2D eigenvalue weighted by Crippen LogP contribution is -2.12. The van der Waals surface area contributed by atoms with Gasteiger partial charge in [0.1, 0.15) is 11.0 Å². The van der Waals surface area contributed by atoms with Gasteiger partial charge in [0, 0.05) is 11.8 Å². The summed E-state index contributed by atoms with van der Waals surface area (Å²) >= 11 is 5.60. The molecule has 2 rings (SSSR count). The van der Waals surface area contributed by atoms with Crippen molar-refractivity contribution in [1.29, 1.82) is 0 Å². The van der Waals surface area contributed by atoms with Crippen LogP contribution in [0.15, 0.2) is 24.3 Å². The maximum atomic E-state index is 12.6. The van der Waals surface area contributed by atoms with Crippen LogP contribution in [0.2, 0.25) is 5.15 Å². The van der Waals surface area contributed by atoms with E-state index >= 15 is 0 Å². The predicted molar refractivity (Wildman–Crippen MR) is 71.2 cm³/mol. The highest BCUT2D eigenvalue weighted by atomic mass is 35.5. The van der Waals surface area contributed by atoms with E-state index in [1.807, 2.05) is 32.0 Å². The van der Waals surface area contributed by atoms with Crippen LogP contribution in [-0.4, -0.2) is 9.97 Å². The van der Waals surface area contributed by atoms with Gasteiger partial charge < -0.3 is 5.32 Å². The second kappa shape index (κ2) is 5.28. The topological polar surface area (TPSA) is 37.8 Å². The number of alkyl halides is 3. The molecule has 0 radical (unpaired) electrons. The molecule has 0 aliphatic heterocycles. The van der Waals surface area contributed by atoms with Crippen LogP contribution in [0.3, 0.4) is 0 Å². The lowest BCUT2D eigenvalue weighted by molar-refractivity contribution is -0.144. The first-order valence-corrected chi connectivity index (χ1v) is 6.09. The molecule has 106 valence electrons. The molecule has 0 spiro atoms. The maximum Gasteiger partial charge on any atom is 0.451 e. The molecular weight excluding hydrogens is 291 g/mol. The fourth-order valence-electron chi connectivity index (χ4n) is 1.62. The summed E-state index contributed by atoms with van der Waals surface area (Å²) in [5.41, 5.74) is 2.54. The molecule has 0 fully saturated rings. The molecule has 0 aliphatic rings. The molecule has 0 amide bonds. The molecule has 0 bridgehead atoms. The van der Waals surface area contributed by atoms with Gasteiger partial charge in [-0.25, -0.2) is 9.97 Å². The van der Waals surface area contributed by atoms with E-state index in [1.54, 1.807) is 0 Å². The molecule has 20 heavy (non-hydrogen) atoms. The fourth-order valence-corrected chi connectivity index (χ4v) is 1.80. The van der Waals surface area contributed by atoms with Gasteiger partial charge in [-0.15, -0.1) is 0 Å². The summed E-state index contributed by atoms with van der Waals surface area (Å²) < 4.78 is 37.9. The monoisotopic (exact) mass is 301 g/mol. The Labute approximate surface area is 118 Å². The molecule has 3 nitrogen and oxygen atoms in total. The van der Waals surface area contributed by atoms with Crippen molar-refractivity contribution >= 4 is 23.1 Å². The third-order valence-corrected chi connectivity index (χ3v) is 2.80. The Morgan fingerprint density at radius 3 is 2.45 bits per heavy atom. The molecule has 2 aromatic rings. The maximum absolute atomic E-state index is 12.6. The summed E-state index contributed by atoms with van der Waals surface area (Å²) in [4.78, 5) is 6.62. The summed E-state index contributed by atoms with van der Waals surface area (Å²) in [6.45, 7) is 3.73. The van der Waals surface area contributed by atoms with Crippen LogP contribution in [0.4, 0.5) is 24.7 Å². The van der Waals surface area contributed by atoms with Crippen molar-refractivity contribution in [1.82, 2.24) is 9.97 Å². The summed E-state index contributed by atoms with van der Waals surface area (Å²) in [6.07, 6.45) is -4.64. The average Bonchev–Trinajstić information content (AvgIpc) is 2.32. The quantitative estimate of drug-likeness (QED) is 0.829. The van der Waals surface area contributed by atoms with E-state index in [0.29, 0.717) is 5.69 Å². The van der Waals surface area contributed by atoms with Gasteiger partial charge in [-0.1, -0.05) is 23.7 Å². The van der Waals surface area contributed by atoms with E-state index in [2.05, 4.69) is 15.3 Å². The Balaban J connectivity index is 2.39. The van der Waals surface area contributed by atoms with Crippen molar-refractivity contribution in [2.45, 2.75) is 20.0 Å². The van der Waals surface area contributed by atoms with Crippen molar-refractivity contribution < 1.29 is 13.2 Å². The summed E-state index contributed by atoms with van der Waals surface area (Å²) in [5.74, 6) is -1.26. The number of aromatic nitrogens is 2. The summed E-state index contributed by atoms with van der Waals surface area (Å²) in [5, 5.41) is 2.57. The van der Waals surface area contributed by atoms with Crippen LogP contribution >= 0.6 is 11.6 Å². The van der Waals surface area contributed by atoms with E-state index in [1.165, 1.54) is 6.07 Å². The Bertz CT molecular complexity index is 641. The standard InChI is InChI=1S/C13H11ClF3N3/c1-7-3-4-8(2)9(5-7)18-11-6-10(14)19-12(20-11)13(15,16)17/h3-6H,1-2H3,(H,18,19,20). The molecule has 1 heterocycles. The first-order chi connectivity index (χ1) is 9.25. The van der Waals surface area contributed by atoms with Crippen molar-refractivity contribution in [2.24, 2.45) is 0 Å². The zero-order valence-corrected chi connectivity index (χ0v) is 11.5. The van der Waals surface area contributed by atoms with Crippen molar-refractivity contribution in [3.05, 3.63) is 46.4 Å². The lowest BCUT2D eigenvalue weighted by atomic mass is 10.1. The minimum absolute atomic E-state index is 0.00558. The number of nitrogens with zero attached hydrogens (tertiary/aromatic N) is 2. The molecule has 7 heteroatoms. The molecule has 0 saturated heterocycles. The zero-order valence-electron chi connectivity index (χ0n) is 10.7. The van der Waals surface area contributed by atoms with Crippen LogP contribution in [0, 0.1) is 13.8 Å². The molecule has 1 aromatic heterocycles. The van der Waals surface area contributed by atoms with Gasteiger partial charge >= 0.3 is 6.18 Å². The van der Waals surface area contributed by atoms with Gasteiger partial charge in [-0.05, 0) is 31.0 Å². The third kappa shape index (κ3) is 3.39.